The highest BCUT2D eigenvalue weighted by Crippen LogP contribution is 2.35. The SMILES string of the molecule is O=C(CSc1nnc(Nc2ccccc2F)s1)N1CCC[C@@H]1c1cccs1. The topological polar surface area (TPSA) is 58.1 Å². The van der Waals surface area contributed by atoms with Crippen molar-refractivity contribution in [2.75, 3.05) is 17.6 Å². The molecule has 1 aliphatic rings. The van der Waals surface area contributed by atoms with Gasteiger partial charge in [-0.1, -0.05) is 41.3 Å². The molecule has 1 fully saturated rings. The lowest BCUT2D eigenvalue weighted by atomic mass is 10.2. The van der Waals surface area contributed by atoms with Crippen molar-refractivity contribution in [2.45, 2.75) is 23.2 Å². The quantitative estimate of drug-likeness (QED) is 0.573. The Bertz CT molecular complexity index is 915. The number of rotatable bonds is 6. The second kappa shape index (κ2) is 8.37. The van der Waals surface area contributed by atoms with Gasteiger partial charge in [-0.15, -0.1) is 21.5 Å². The fourth-order valence-electron chi connectivity index (χ4n) is 3.04. The van der Waals surface area contributed by atoms with Crippen molar-refractivity contribution in [1.82, 2.24) is 15.1 Å². The van der Waals surface area contributed by atoms with E-state index in [1.165, 1.54) is 34.0 Å². The molecule has 3 aromatic rings. The first kappa shape index (κ1) is 18.4. The average Bonchev–Trinajstić information content (AvgIpc) is 3.42. The second-order valence-corrected chi connectivity index (χ2v) is 9.21. The summed E-state index contributed by atoms with van der Waals surface area (Å²) in [6, 6.07) is 10.7. The van der Waals surface area contributed by atoms with E-state index >= 15 is 0 Å². The van der Waals surface area contributed by atoms with Gasteiger partial charge in [0.2, 0.25) is 11.0 Å². The molecular formula is C18H17FN4OS3. The third-order valence-electron chi connectivity index (χ3n) is 4.29. The fourth-order valence-corrected chi connectivity index (χ4v) is 5.57. The molecule has 2 aromatic heterocycles. The number of thioether (sulfide) groups is 1. The Morgan fingerprint density at radius 3 is 3.00 bits per heavy atom. The van der Waals surface area contributed by atoms with Crippen LogP contribution in [0.1, 0.15) is 23.8 Å². The summed E-state index contributed by atoms with van der Waals surface area (Å²) in [6.07, 6.45) is 2.06. The lowest BCUT2D eigenvalue weighted by Gasteiger charge is -2.23. The van der Waals surface area contributed by atoms with Crippen LogP contribution in [-0.2, 0) is 4.79 Å². The number of carbonyl (C=O) groups excluding carboxylic acids is 1. The van der Waals surface area contributed by atoms with Crippen molar-refractivity contribution in [2.24, 2.45) is 0 Å². The number of thiophene rings is 1. The zero-order valence-corrected chi connectivity index (χ0v) is 16.7. The maximum absolute atomic E-state index is 13.7. The van der Waals surface area contributed by atoms with Gasteiger partial charge in [0.1, 0.15) is 5.82 Å². The normalized spacial score (nSPS) is 16.6. The minimum absolute atomic E-state index is 0.120. The lowest BCUT2D eigenvalue weighted by Crippen LogP contribution is -2.31. The van der Waals surface area contributed by atoms with Crippen molar-refractivity contribution < 1.29 is 9.18 Å². The maximum Gasteiger partial charge on any atom is 0.233 e. The molecule has 0 unspecified atom stereocenters. The van der Waals surface area contributed by atoms with Crippen LogP contribution in [0.25, 0.3) is 0 Å². The third-order valence-corrected chi connectivity index (χ3v) is 7.22. The van der Waals surface area contributed by atoms with Gasteiger partial charge in [-0.25, -0.2) is 4.39 Å². The van der Waals surface area contributed by atoms with Gasteiger partial charge in [-0.05, 0) is 36.4 Å². The molecule has 27 heavy (non-hydrogen) atoms. The minimum Gasteiger partial charge on any atom is -0.334 e. The molecule has 1 aliphatic heterocycles. The number of hydrogen-bond donors (Lipinski definition) is 1. The summed E-state index contributed by atoms with van der Waals surface area (Å²) in [4.78, 5) is 15.9. The van der Waals surface area contributed by atoms with Gasteiger partial charge in [0.25, 0.3) is 0 Å². The van der Waals surface area contributed by atoms with E-state index in [1.807, 2.05) is 11.0 Å². The lowest BCUT2D eigenvalue weighted by molar-refractivity contribution is -0.129. The predicted octanol–water partition coefficient (Wildman–Crippen LogP) is 4.94. The molecule has 1 saturated heterocycles. The van der Waals surface area contributed by atoms with E-state index in [1.54, 1.807) is 29.5 Å². The molecule has 5 nitrogen and oxygen atoms in total. The van der Waals surface area contributed by atoms with E-state index in [0.717, 1.165) is 19.4 Å². The number of nitrogens with one attached hydrogen (secondary N) is 1. The molecule has 0 saturated carbocycles. The van der Waals surface area contributed by atoms with Crippen LogP contribution in [0.4, 0.5) is 15.2 Å². The molecule has 0 aliphatic carbocycles. The van der Waals surface area contributed by atoms with E-state index in [9.17, 15) is 9.18 Å². The number of aromatic nitrogens is 2. The van der Waals surface area contributed by atoms with Crippen molar-refractivity contribution in [3.63, 3.8) is 0 Å². The third kappa shape index (κ3) is 4.31. The molecular weight excluding hydrogens is 403 g/mol. The Hall–Kier alpha value is -1.97. The van der Waals surface area contributed by atoms with Crippen LogP contribution in [-0.4, -0.2) is 33.3 Å². The van der Waals surface area contributed by atoms with Gasteiger partial charge in [-0.2, -0.15) is 0 Å². The monoisotopic (exact) mass is 420 g/mol. The smallest absolute Gasteiger partial charge is 0.233 e. The molecule has 0 spiro atoms. The summed E-state index contributed by atoms with van der Waals surface area (Å²) in [5.74, 6) is 0.108. The molecule has 9 heteroatoms. The van der Waals surface area contributed by atoms with E-state index in [4.69, 9.17) is 0 Å². The van der Waals surface area contributed by atoms with Gasteiger partial charge in [0.05, 0.1) is 17.5 Å². The molecule has 1 atom stereocenters. The van der Waals surface area contributed by atoms with E-state index < -0.39 is 0 Å². The fraction of sp³-hybridized carbons (Fsp3) is 0.278. The Kier molecular flexibility index (Phi) is 5.70. The number of amides is 1. The van der Waals surface area contributed by atoms with E-state index in [2.05, 4.69) is 27.0 Å². The van der Waals surface area contributed by atoms with Crippen LogP contribution in [0, 0.1) is 5.82 Å². The molecule has 1 N–H and O–H groups in total. The van der Waals surface area contributed by atoms with E-state index in [0.29, 0.717) is 20.9 Å². The van der Waals surface area contributed by atoms with Crippen molar-refractivity contribution in [3.05, 3.63) is 52.5 Å². The Labute approximate surface area is 168 Å². The Morgan fingerprint density at radius 1 is 1.30 bits per heavy atom. The van der Waals surface area contributed by atoms with Crippen LogP contribution < -0.4 is 5.32 Å². The van der Waals surface area contributed by atoms with Crippen LogP contribution in [0.2, 0.25) is 0 Å². The number of para-hydroxylation sites is 1. The van der Waals surface area contributed by atoms with Gasteiger partial charge in [-0.3, -0.25) is 4.79 Å². The summed E-state index contributed by atoms with van der Waals surface area (Å²) in [5.41, 5.74) is 0.358. The molecule has 0 bridgehead atoms. The number of likely N-dealkylation sites (tertiary alicyclic amines) is 1. The Morgan fingerprint density at radius 2 is 2.19 bits per heavy atom. The second-order valence-electron chi connectivity index (χ2n) is 6.03. The minimum atomic E-state index is -0.342. The first-order valence-corrected chi connectivity index (χ1v) is 11.2. The number of benzene rings is 1. The molecule has 1 amide bonds. The standard InChI is InChI=1S/C18H17FN4OS3/c19-12-5-1-2-6-13(12)20-17-21-22-18(27-17)26-11-16(24)23-9-3-7-14(23)15-8-4-10-25-15/h1-2,4-6,8,10,14H,3,7,9,11H2,(H,20,21)/t14-/m1/s1. The van der Waals surface area contributed by atoms with E-state index in [-0.39, 0.29) is 17.8 Å². The van der Waals surface area contributed by atoms with Gasteiger partial charge >= 0.3 is 0 Å². The average molecular weight is 421 g/mol. The van der Waals surface area contributed by atoms with Gasteiger partial charge in [0.15, 0.2) is 4.34 Å². The Balaban J connectivity index is 1.34. The zero-order valence-electron chi connectivity index (χ0n) is 14.3. The molecule has 0 radical (unpaired) electrons. The zero-order chi connectivity index (χ0) is 18.6. The van der Waals surface area contributed by atoms with Crippen LogP contribution in [0.3, 0.4) is 0 Å². The maximum atomic E-state index is 13.7. The summed E-state index contributed by atoms with van der Waals surface area (Å²) < 4.78 is 14.4. The highest BCUT2D eigenvalue weighted by Gasteiger charge is 2.30. The molecule has 140 valence electrons. The molecule has 4 rings (SSSR count). The van der Waals surface area contributed by atoms with Crippen LogP contribution >= 0.6 is 34.4 Å². The van der Waals surface area contributed by atoms with Crippen LogP contribution in [0.15, 0.2) is 46.1 Å². The molecule has 3 heterocycles. The first-order valence-electron chi connectivity index (χ1n) is 8.51. The van der Waals surface area contributed by atoms with Gasteiger partial charge < -0.3 is 10.2 Å². The predicted molar refractivity (Wildman–Crippen MR) is 108 cm³/mol. The number of hydrogen-bond acceptors (Lipinski definition) is 7. The van der Waals surface area contributed by atoms with Crippen molar-refractivity contribution in [3.8, 4) is 0 Å². The van der Waals surface area contributed by atoms with Gasteiger partial charge in [0, 0.05) is 11.4 Å². The largest absolute Gasteiger partial charge is 0.334 e. The summed E-state index contributed by atoms with van der Waals surface area (Å²) in [5, 5.41) is 13.6. The van der Waals surface area contributed by atoms with Crippen LogP contribution in [0.5, 0.6) is 0 Å². The number of carbonyl (C=O) groups is 1. The number of halogens is 1. The highest BCUT2D eigenvalue weighted by molar-refractivity contribution is 8.01. The highest BCUT2D eigenvalue weighted by atomic mass is 32.2. The molecule has 1 aromatic carbocycles. The van der Waals surface area contributed by atoms with Crippen molar-refractivity contribution >= 4 is 51.2 Å². The summed E-state index contributed by atoms with van der Waals surface area (Å²) in [7, 11) is 0. The van der Waals surface area contributed by atoms with Crippen molar-refractivity contribution in [1.29, 1.82) is 0 Å². The first-order chi connectivity index (χ1) is 13.2. The number of nitrogens with zero attached hydrogens (tertiary/aromatic N) is 3. The number of anilines is 2. The summed E-state index contributed by atoms with van der Waals surface area (Å²) >= 11 is 4.39. The summed E-state index contributed by atoms with van der Waals surface area (Å²) in [6.45, 7) is 0.804.